The maximum Gasteiger partial charge on any atom is 0.312 e. The molecule has 0 bridgehead atoms. The minimum Gasteiger partial charge on any atom is -0.333 e. The van der Waals surface area contributed by atoms with Crippen LogP contribution in [-0.4, -0.2) is 52.1 Å². The van der Waals surface area contributed by atoms with Crippen LogP contribution in [0.4, 0.5) is 0 Å². The lowest BCUT2D eigenvalue weighted by Crippen LogP contribution is -2.53. The van der Waals surface area contributed by atoms with Crippen molar-refractivity contribution < 1.29 is 14.4 Å². The van der Waals surface area contributed by atoms with E-state index in [9.17, 15) is 14.4 Å². The van der Waals surface area contributed by atoms with Gasteiger partial charge in [-0.3, -0.25) is 24.8 Å². The monoisotopic (exact) mass is 291 g/mol. The summed E-state index contributed by atoms with van der Waals surface area (Å²) in [6, 6.07) is 3.20. The number of rotatable bonds is 4. The standard InChI is InChI=1S/C13H17N5O3/c1-2-17-5-6-18(13(21)12(17)20)8-10-4-3-9(7-15-10)11(19)16-14/h3-4,7H,2,5-6,8,14H2,1H3,(H,16,19). The van der Waals surface area contributed by atoms with E-state index in [2.05, 4.69) is 4.98 Å². The Kier molecular flexibility index (Phi) is 4.49. The smallest absolute Gasteiger partial charge is 0.312 e. The average molecular weight is 291 g/mol. The van der Waals surface area contributed by atoms with Crippen molar-refractivity contribution in [1.82, 2.24) is 20.2 Å². The fraction of sp³-hybridized carbons (Fsp3) is 0.385. The van der Waals surface area contributed by atoms with Gasteiger partial charge >= 0.3 is 11.8 Å². The van der Waals surface area contributed by atoms with E-state index < -0.39 is 17.7 Å². The summed E-state index contributed by atoms with van der Waals surface area (Å²) in [6.07, 6.45) is 1.38. The molecule has 0 aromatic carbocycles. The third-order valence-electron chi connectivity index (χ3n) is 3.35. The number of hydrogen-bond acceptors (Lipinski definition) is 5. The highest BCUT2D eigenvalue weighted by molar-refractivity contribution is 6.35. The fourth-order valence-electron chi connectivity index (χ4n) is 2.10. The van der Waals surface area contributed by atoms with Crippen LogP contribution in [0.3, 0.4) is 0 Å². The molecule has 1 aliphatic rings. The maximum atomic E-state index is 11.9. The molecule has 1 aromatic rings. The van der Waals surface area contributed by atoms with E-state index in [1.54, 1.807) is 12.1 Å². The van der Waals surface area contributed by atoms with E-state index in [0.29, 0.717) is 30.9 Å². The van der Waals surface area contributed by atoms with Crippen molar-refractivity contribution in [2.75, 3.05) is 19.6 Å². The van der Waals surface area contributed by atoms with Gasteiger partial charge < -0.3 is 9.80 Å². The van der Waals surface area contributed by atoms with E-state index in [4.69, 9.17) is 5.84 Å². The molecule has 0 atom stereocenters. The van der Waals surface area contributed by atoms with Crippen LogP contribution in [0.1, 0.15) is 23.0 Å². The quantitative estimate of drug-likeness (QED) is 0.316. The van der Waals surface area contributed by atoms with E-state index in [1.807, 2.05) is 12.3 Å². The maximum absolute atomic E-state index is 11.9. The second kappa shape index (κ2) is 6.31. The summed E-state index contributed by atoms with van der Waals surface area (Å²) in [5.41, 5.74) is 2.95. The van der Waals surface area contributed by atoms with Crippen molar-refractivity contribution in [3.63, 3.8) is 0 Å². The Morgan fingerprint density at radius 2 is 1.95 bits per heavy atom. The topological polar surface area (TPSA) is 109 Å². The number of amides is 3. The molecular formula is C13H17N5O3. The van der Waals surface area contributed by atoms with Crippen molar-refractivity contribution in [3.05, 3.63) is 29.6 Å². The fourth-order valence-corrected chi connectivity index (χ4v) is 2.10. The van der Waals surface area contributed by atoms with Crippen molar-refractivity contribution >= 4 is 17.7 Å². The van der Waals surface area contributed by atoms with Crippen LogP contribution in [0.15, 0.2) is 18.3 Å². The van der Waals surface area contributed by atoms with Crippen molar-refractivity contribution in [3.8, 4) is 0 Å². The van der Waals surface area contributed by atoms with Gasteiger partial charge in [0.2, 0.25) is 0 Å². The van der Waals surface area contributed by atoms with Crippen LogP contribution in [0.25, 0.3) is 0 Å². The molecular weight excluding hydrogens is 274 g/mol. The minimum atomic E-state index is -0.520. The number of likely N-dealkylation sites (N-methyl/N-ethyl adjacent to an activating group) is 1. The number of nitrogen functional groups attached to an aromatic ring is 1. The molecule has 3 N–H and O–H groups in total. The van der Waals surface area contributed by atoms with Crippen LogP contribution < -0.4 is 11.3 Å². The van der Waals surface area contributed by atoms with Crippen LogP contribution in [0.2, 0.25) is 0 Å². The molecule has 8 heteroatoms. The first-order valence-electron chi connectivity index (χ1n) is 6.60. The van der Waals surface area contributed by atoms with Gasteiger partial charge in [-0.05, 0) is 19.1 Å². The average Bonchev–Trinajstić information content (AvgIpc) is 2.52. The highest BCUT2D eigenvalue weighted by Crippen LogP contribution is 2.09. The number of hydrogen-bond donors (Lipinski definition) is 2. The number of hydrazine groups is 1. The molecule has 1 fully saturated rings. The number of aromatic nitrogens is 1. The highest BCUT2D eigenvalue weighted by Gasteiger charge is 2.31. The second-order valence-electron chi connectivity index (χ2n) is 4.62. The van der Waals surface area contributed by atoms with Gasteiger partial charge in [0, 0.05) is 25.8 Å². The van der Waals surface area contributed by atoms with E-state index in [1.165, 1.54) is 16.0 Å². The summed E-state index contributed by atoms with van der Waals surface area (Å²) in [5, 5.41) is 0. The number of nitrogens with one attached hydrogen (secondary N) is 1. The normalized spacial score (nSPS) is 15.3. The van der Waals surface area contributed by atoms with Gasteiger partial charge in [-0.1, -0.05) is 0 Å². The molecule has 112 valence electrons. The highest BCUT2D eigenvalue weighted by atomic mass is 16.2. The Morgan fingerprint density at radius 1 is 1.29 bits per heavy atom. The van der Waals surface area contributed by atoms with Gasteiger partial charge in [0.1, 0.15) is 0 Å². The number of pyridine rings is 1. The van der Waals surface area contributed by atoms with Crippen LogP contribution >= 0.6 is 0 Å². The van der Waals surface area contributed by atoms with Crippen LogP contribution in [-0.2, 0) is 16.1 Å². The van der Waals surface area contributed by atoms with Gasteiger partial charge in [0.15, 0.2) is 0 Å². The van der Waals surface area contributed by atoms with Crippen LogP contribution in [0, 0.1) is 0 Å². The van der Waals surface area contributed by atoms with Crippen molar-refractivity contribution in [2.24, 2.45) is 5.84 Å². The predicted octanol–water partition coefficient (Wildman–Crippen LogP) is -1.12. The Bertz CT molecular complexity index is 557. The van der Waals surface area contributed by atoms with E-state index in [-0.39, 0.29) is 6.54 Å². The minimum absolute atomic E-state index is 0.243. The third-order valence-corrected chi connectivity index (χ3v) is 3.35. The Morgan fingerprint density at radius 3 is 2.52 bits per heavy atom. The van der Waals surface area contributed by atoms with Gasteiger partial charge in [0.05, 0.1) is 17.8 Å². The first-order chi connectivity index (χ1) is 10.1. The zero-order valence-electron chi connectivity index (χ0n) is 11.7. The second-order valence-corrected chi connectivity index (χ2v) is 4.62. The Labute approximate surface area is 121 Å². The largest absolute Gasteiger partial charge is 0.333 e. The molecule has 1 saturated heterocycles. The lowest BCUT2D eigenvalue weighted by molar-refractivity contribution is -0.156. The van der Waals surface area contributed by atoms with Crippen molar-refractivity contribution in [1.29, 1.82) is 0 Å². The number of carbonyl (C=O) groups excluding carboxylic acids is 3. The zero-order valence-corrected chi connectivity index (χ0v) is 11.7. The SMILES string of the molecule is CCN1CCN(Cc2ccc(C(=O)NN)cn2)C(=O)C1=O. The molecule has 0 aliphatic carbocycles. The van der Waals surface area contributed by atoms with Gasteiger partial charge in [0.25, 0.3) is 5.91 Å². The molecule has 0 spiro atoms. The molecule has 0 radical (unpaired) electrons. The number of nitrogens with two attached hydrogens (primary N) is 1. The first-order valence-corrected chi connectivity index (χ1v) is 6.60. The van der Waals surface area contributed by atoms with Gasteiger partial charge in [-0.2, -0.15) is 0 Å². The molecule has 0 saturated carbocycles. The molecule has 1 aliphatic heterocycles. The molecule has 8 nitrogen and oxygen atoms in total. The lowest BCUT2D eigenvalue weighted by atomic mass is 10.2. The van der Waals surface area contributed by atoms with Gasteiger partial charge in [-0.15, -0.1) is 0 Å². The summed E-state index contributed by atoms with van der Waals surface area (Å²) >= 11 is 0. The summed E-state index contributed by atoms with van der Waals surface area (Å²) in [6.45, 7) is 3.61. The van der Waals surface area contributed by atoms with Crippen molar-refractivity contribution in [2.45, 2.75) is 13.5 Å². The number of nitrogens with zero attached hydrogens (tertiary/aromatic N) is 3. The zero-order chi connectivity index (χ0) is 15.4. The third kappa shape index (κ3) is 3.16. The van der Waals surface area contributed by atoms with Crippen LogP contribution in [0.5, 0.6) is 0 Å². The molecule has 1 aromatic heterocycles. The number of carbonyl (C=O) groups is 3. The van der Waals surface area contributed by atoms with Gasteiger partial charge in [-0.25, -0.2) is 5.84 Å². The summed E-state index contributed by atoms with van der Waals surface area (Å²) in [5.74, 6) is 3.59. The summed E-state index contributed by atoms with van der Waals surface area (Å²) < 4.78 is 0. The Hall–Kier alpha value is -2.48. The first kappa shape index (κ1) is 14.9. The summed E-state index contributed by atoms with van der Waals surface area (Å²) in [7, 11) is 0. The number of piperazine rings is 1. The van der Waals surface area contributed by atoms with E-state index >= 15 is 0 Å². The molecule has 3 amide bonds. The Balaban J connectivity index is 2.03. The molecule has 2 rings (SSSR count). The van der Waals surface area contributed by atoms with E-state index in [0.717, 1.165) is 0 Å². The molecule has 0 unspecified atom stereocenters. The lowest BCUT2D eigenvalue weighted by Gasteiger charge is -2.32. The summed E-state index contributed by atoms with van der Waals surface area (Å²) in [4.78, 5) is 42.1. The predicted molar refractivity (Wildman–Crippen MR) is 73.6 cm³/mol. The molecule has 2 heterocycles. The molecule has 21 heavy (non-hydrogen) atoms.